The lowest BCUT2D eigenvalue weighted by atomic mass is 10.1. The van der Waals surface area contributed by atoms with E-state index in [2.05, 4.69) is 26.1 Å². The minimum absolute atomic E-state index is 0.0248. The third-order valence-corrected chi connectivity index (χ3v) is 2.71. The second kappa shape index (κ2) is 4.69. The molecule has 0 aromatic heterocycles. The van der Waals surface area contributed by atoms with Gasteiger partial charge in [0.15, 0.2) is 5.78 Å². The van der Waals surface area contributed by atoms with Crippen molar-refractivity contribution in [3.05, 3.63) is 23.8 Å². The molecule has 0 saturated carbocycles. The minimum Gasteiger partial charge on any atom is -0.386 e. The Morgan fingerprint density at radius 1 is 1.57 bits per heavy atom. The van der Waals surface area contributed by atoms with Crippen LogP contribution in [0.1, 0.15) is 20.8 Å². The summed E-state index contributed by atoms with van der Waals surface area (Å²) in [6.07, 6.45) is 5.35. The van der Waals surface area contributed by atoms with Gasteiger partial charge in [0.1, 0.15) is 0 Å². The lowest BCUT2D eigenvalue weighted by Crippen LogP contribution is -2.31. The molecule has 78 valence electrons. The fourth-order valence-electron chi connectivity index (χ4n) is 1.04. The maximum absolute atomic E-state index is 11.5. The first-order valence-corrected chi connectivity index (χ1v) is 5.80. The SMILES string of the molecule is CC(C)(C)N/C=C\C(=O)C1C=CSC1. The Morgan fingerprint density at radius 2 is 2.29 bits per heavy atom. The van der Waals surface area contributed by atoms with Crippen LogP contribution in [-0.4, -0.2) is 17.1 Å². The summed E-state index contributed by atoms with van der Waals surface area (Å²) in [5, 5.41) is 5.14. The highest BCUT2D eigenvalue weighted by atomic mass is 32.2. The van der Waals surface area contributed by atoms with Gasteiger partial charge in [-0.25, -0.2) is 0 Å². The summed E-state index contributed by atoms with van der Waals surface area (Å²) in [6, 6.07) is 0. The number of rotatable bonds is 3. The van der Waals surface area contributed by atoms with Crippen LogP contribution in [0.5, 0.6) is 0 Å². The van der Waals surface area contributed by atoms with Gasteiger partial charge < -0.3 is 5.32 Å². The molecule has 14 heavy (non-hydrogen) atoms. The van der Waals surface area contributed by atoms with Crippen LogP contribution < -0.4 is 5.32 Å². The number of nitrogens with one attached hydrogen (secondary N) is 1. The molecule has 0 bridgehead atoms. The lowest BCUT2D eigenvalue weighted by molar-refractivity contribution is -0.116. The van der Waals surface area contributed by atoms with Crippen LogP contribution in [0.3, 0.4) is 0 Å². The Morgan fingerprint density at radius 3 is 2.79 bits per heavy atom. The van der Waals surface area contributed by atoms with Crippen molar-refractivity contribution < 1.29 is 4.79 Å². The number of carbonyl (C=O) groups is 1. The van der Waals surface area contributed by atoms with Gasteiger partial charge in [0.05, 0.1) is 0 Å². The first kappa shape index (κ1) is 11.4. The Hall–Kier alpha value is -0.700. The highest BCUT2D eigenvalue weighted by molar-refractivity contribution is 8.02. The van der Waals surface area contributed by atoms with E-state index >= 15 is 0 Å². The van der Waals surface area contributed by atoms with Gasteiger partial charge in [-0.05, 0) is 32.3 Å². The van der Waals surface area contributed by atoms with Crippen LogP contribution in [0.25, 0.3) is 0 Å². The second-order valence-corrected chi connectivity index (χ2v) is 5.34. The summed E-state index contributed by atoms with van der Waals surface area (Å²) in [7, 11) is 0. The maximum atomic E-state index is 11.5. The summed E-state index contributed by atoms with van der Waals surface area (Å²) in [5.41, 5.74) is 0.0248. The highest BCUT2D eigenvalue weighted by Gasteiger charge is 2.16. The van der Waals surface area contributed by atoms with Crippen LogP contribution in [-0.2, 0) is 4.79 Å². The number of hydrogen-bond donors (Lipinski definition) is 1. The quantitative estimate of drug-likeness (QED) is 0.726. The molecule has 3 heteroatoms. The molecule has 0 aromatic carbocycles. The van der Waals surface area contributed by atoms with Crippen molar-refractivity contribution in [1.29, 1.82) is 0 Å². The Balaban J connectivity index is 2.36. The van der Waals surface area contributed by atoms with Gasteiger partial charge in [0, 0.05) is 23.4 Å². The van der Waals surface area contributed by atoms with Crippen LogP contribution in [0.4, 0.5) is 0 Å². The summed E-state index contributed by atoms with van der Waals surface area (Å²) < 4.78 is 0. The van der Waals surface area contributed by atoms with E-state index in [1.54, 1.807) is 24.0 Å². The smallest absolute Gasteiger partial charge is 0.164 e. The summed E-state index contributed by atoms with van der Waals surface area (Å²) >= 11 is 1.69. The number of carbonyl (C=O) groups excluding carboxylic acids is 1. The maximum Gasteiger partial charge on any atom is 0.164 e. The number of thioether (sulfide) groups is 1. The average molecular weight is 211 g/mol. The predicted octanol–water partition coefficient (Wildman–Crippen LogP) is 2.33. The zero-order valence-corrected chi connectivity index (χ0v) is 9.73. The Kier molecular flexibility index (Phi) is 3.81. The first-order chi connectivity index (χ1) is 6.49. The Labute approximate surface area is 89.8 Å². The van der Waals surface area contributed by atoms with E-state index in [1.807, 2.05) is 11.5 Å². The van der Waals surface area contributed by atoms with E-state index in [4.69, 9.17) is 0 Å². The van der Waals surface area contributed by atoms with Crippen molar-refractivity contribution in [2.45, 2.75) is 26.3 Å². The van der Waals surface area contributed by atoms with E-state index in [9.17, 15) is 4.79 Å². The van der Waals surface area contributed by atoms with Gasteiger partial charge in [-0.3, -0.25) is 4.79 Å². The van der Waals surface area contributed by atoms with E-state index in [0.29, 0.717) is 0 Å². The average Bonchev–Trinajstić information content (AvgIpc) is 2.53. The fourth-order valence-corrected chi connectivity index (χ4v) is 1.93. The normalized spacial score (nSPS) is 21.8. The van der Waals surface area contributed by atoms with Gasteiger partial charge in [0.25, 0.3) is 0 Å². The van der Waals surface area contributed by atoms with E-state index in [-0.39, 0.29) is 17.2 Å². The number of allylic oxidation sites excluding steroid dienone is 2. The van der Waals surface area contributed by atoms with Crippen molar-refractivity contribution in [3.63, 3.8) is 0 Å². The molecule has 1 atom stereocenters. The Bertz CT molecular complexity index is 263. The molecule has 0 aliphatic carbocycles. The molecule has 1 rings (SSSR count). The fraction of sp³-hybridized carbons (Fsp3) is 0.545. The third-order valence-electron chi connectivity index (χ3n) is 1.81. The molecular formula is C11H17NOS. The number of ketones is 1. The van der Waals surface area contributed by atoms with Gasteiger partial charge in [0.2, 0.25) is 0 Å². The van der Waals surface area contributed by atoms with Crippen molar-refractivity contribution in [1.82, 2.24) is 5.32 Å². The monoisotopic (exact) mass is 211 g/mol. The van der Waals surface area contributed by atoms with Crippen molar-refractivity contribution in [3.8, 4) is 0 Å². The molecule has 1 heterocycles. The molecule has 1 aliphatic rings. The molecule has 1 aliphatic heterocycles. The topological polar surface area (TPSA) is 29.1 Å². The van der Waals surface area contributed by atoms with Crippen molar-refractivity contribution in [2.24, 2.45) is 5.92 Å². The molecule has 0 saturated heterocycles. The standard InChI is InChI=1S/C11H17NOS/c1-11(2,3)12-6-4-10(13)9-5-7-14-8-9/h4-7,9,12H,8H2,1-3H3/b6-4-. The first-order valence-electron chi connectivity index (χ1n) is 4.75. The molecular weight excluding hydrogens is 194 g/mol. The van der Waals surface area contributed by atoms with Gasteiger partial charge in [-0.15, -0.1) is 11.8 Å². The minimum atomic E-state index is 0.0248. The van der Waals surface area contributed by atoms with Crippen LogP contribution in [0.2, 0.25) is 0 Å². The molecule has 0 amide bonds. The van der Waals surface area contributed by atoms with Crippen LogP contribution in [0, 0.1) is 5.92 Å². The van der Waals surface area contributed by atoms with E-state index in [1.165, 1.54) is 0 Å². The summed E-state index contributed by atoms with van der Waals surface area (Å²) in [6.45, 7) is 6.19. The van der Waals surface area contributed by atoms with Crippen molar-refractivity contribution in [2.75, 3.05) is 5.75 Å². The van der Waals surface area contributed by atoms with Crippen LogP contribution >= 0.6 is 11.8 Å². The third kappa shape index (κ3) is 4.01. The largest absolute Gasteiger partial charge is 0.386 e. The summed E-state index contributed by atoms with van der Waals surface area (Å²) in [4.78, 5) is 11.5. The molecule has 2 nitrogen and oxygen atoms in total. The predicted molar refractivity (Wildman–Crippen MR) is 62.1 cm³/mol. The zero-order valence-electron chi connectivity index (χ0n) is 8.91. The van der Waals surface area contributed by atoms with Crippen molar-refractivity contribution >= 4 is 17.5 Å². The van der Waals surface area contributed by atoms with E-state index < -0.39 is 0 Å². The highest BCUT2D eigenvalue weighted by Crippen LogP contribution is 2.21. The molecule has 0 fully saturated rings. The van der Waals surface area contributed by atoms with E-state index in [0.717, 1.165) is 5.75 Å². The zero-order chi connectivity index (χ0) is 10.6. The van der Waals surface area contributed by atoms with Gasteiger partial charge in [-0.2, -0.15) is 0 Å². The lowest BCUT2D eigenvalue weighted by Gasteiger charge is -2.18. The molecule has 0 radical (unpaired) electrons. The molecule has 0 spiro atoms. The summed E-state index contributed by atoms with van der Waals surface area (Å²) in [5.74, 6) is 1.15. The van der Waals surface area contributed by atoms with Crippen LogP contribution in [0.15, 0.2) is 23.8 Å². The van der Waals surface area contributed by atoms with Gasteiger partial charge in [-0.1, -0.05) is 6.08 Å². The molecule has 0 aromatic rings. The molecule has 1 unspecified atom stereocenters. The number of hydrogen-bond acceptors (Lipinski definition) is 3. The van der Waals surface area contributed by atoms with Gasteiger partial charge >= 0.3 is 0 Å². The second-order valence-electron chi connectivity index (χ2n) is 4.40. The molecule has 1 N–H and O–H groups in total.